The standard InChI is InChI=1S/C34H23ClFNO4/c1-41-24-6-4-5-21(18-24)29-30(31(38)19-9-12-22(35)13-10-19)37-27-15-14-23(36)17-20(27)11-16-28(37)34(29)32(39)25-7-2-3-8-26(25)33(34)40/h2-18,28-30H,1H3. The Morgan fingerprint density at radius 1 is 0.902 bits per heavy atom. The van der Waals surface area contributed by atoms with E-state index in [1.54, 1.807) is 92.1 Å². The van der Waals surface area contributed by atoms with Gasteiger partial charge in [-0.2, -0.15) is 0 Å². The molecule has 0 bridgehead atoms. The number of nitrogens with zero attached hydrogens (tertiary/aromatic N) is 1. The molecule has 3 unspecified atom stereocenters. The first-order valence-electron chi connectivity index (χ1n) is 13.2. The average molecular weight is 564 g/mol. The Kier molecular flexibility index (Phi) is 5.73. The van der Waals surface area contributed by atoms with Gasteiger partial charge in [-0.1, -0.05) is 60.2 Å². The van der Waals surface area contributed by atoms with Crippen LogP contribution in [0, 0.1) is 11.2 Å². The van der Waals surface area contributed by atoms with Gasteiger partial charge < -0.3 is 9.64 Å². The maximum atomic E-state index is 14.6. The molecule has 1 fully saturated rings. The summed E-state index contributed by atoms with van der Waals surface area (Å²) in [5, 5.41) is 0.477. The number of Topliss-reactive ketones (excluding diaryl/α,β-unsaturated/α-hetero) is 3. The van der Waals surface area contributed by atoms with E-state index in [-0.39, 0.29) is 17.3 Å². The number of ether oxygens (including phenoxy) is 1. The number of benzene rings is 4. The molecule has 202 valence electrons. The van der Waals surface area contributed by atoms with Crippen LogP contribution < -0.4 is 9.64 Å². The molecule has 1 saturated heterocycles. The molecule has 5 nitrogen and oxygen atoms in total. The van der Waals surface area contributed by atoms with E-state index >= 15 is 0 Å². The number of rotatable bonds is 4. The summed E-state index contributed by atoms with van der Waals surface area (Å²) in [6.07, 6.45) is 3.51. The van der Waals surface area contributed by atoms with Gasteiger partial charge in [0.2, 0.25) is 0 Å². The molecule has 0 amide bonds. The third kappa shape index (κ3) is 3.50. The van der Waals surface area contributed by atoms with Crippen molar-refractivity contribution in [3.8, 4) is 5.75 Å². The van der Waals surface area contributed by atoms with Crippen molar-refractivity contribution in [3.05, 3.63) is 136 Å². The van der Waals surface area contributed by atoms with Crippen LogP contribution >= 0.6 is 11.6 Å². The molecule has 2 heterocycles. The summed E-state index contributed by atoms with van der Waals surface area (Å²) in [4.78, 5) is 45.7. The SMILES string of the molecule is COc1cccc(C2C(C(=O)c3ccc(Cl)cc3)N3c4ccc(F)cc4C=CC3C23C(=O)c2ccccc2C3=O)c1. The Hall–Kier alpha value is -4.55. The molecule has 0 aromatic heterocycles. The fourth-order valence-electron chi connectivity index (χ4n) is 6.94. The average Bonchev–Trinajstić information content (AvgIpc) is 3.43. The van der Waals surface area contributed by atoms with Crippen molar-refractivity contribution in [2.75, 3.05) is 12.0 Å². The third-order valence-electron chi connectivity index (χ3n) is 8.62. The van der Waals surface area contributed by atoms with Crippen LogP contribution in [0.15, 0.2) is 97.1 Å². The lowest BCUT2D eigenvalue weighted by molar-refractivity contribution is 0.0665. The topological polar surface area (TPSA) is 63.7 Å². The van der Waals surface area contributed by atoms with Crippen LogP contribution in [-0.4, -0.2) is 36.5 Å². The Bertz CT molecular complexity index is 1760. The lowest BCUT2D eigenvalue weighted by Crippen LogP contribution is -2.48. The molecule has 4 aromatic carbocycles. The second kappa shape index (κ2) is 9.25. The molecule has 3 aliphatic rings. The van der Waals surface area contributed by atoms with Crippen LogP contribution in [0.4, 0.5) is 10.1 Å². The number of carbonyl (C=O) groups is 3. The van der Waals surface area contributed by atoms with E-state index in [2.05, 4.69) is 0 Å². The van der Waals surface area contributed by atoms with Crippen molar-refractivity contribution in [2.24, 2.45) is 5.41 Å². The maximum Gasteiger partial charge on any atom is 0.185 e. The maximum absolute atomic E-state index is 14.6. The zero-order valence-electron chi connectivity index (χ0n) is 21.9. The van der Waals surface area contributed by atoms with Gasteiger partial charge in [0.1, 0.15) is 23.0 Å². The van der Waals surface area contributed by atoms with Gasteiger partial charge in [0.05, 0.1) is 13.2 Å². The van der Waals surface area contributed by atoms with E-state index in [9.17, 15) is 18.8 Å². The predicted octanol–water partition coefficient (Wildman–Crippen LogP) is 6.80. The van der Waals surface area contributed by atoms with E-state index in [4.69, 9.17) is 16.3 Å². The van der Waals surface area contributed by atoms with Crippen molar-refractivity contribution >= 4 is 40.7 Å². The number of fused-ring (bicyclic) bond motifs is 5. The minimum absolute atomic E-state index is 0.279. The van der Waals surface area contributed by atoms with Crippen LogP contribution in [0.1, 0.15) is 48.1 Å². The van der Waals surface area contributed by atoms with Crippen LogP contribution in [0.5, 0.6) is 5.75 Å². The molecular weight excluding hydrogens is 541 g/mol. The summed E-state index contributed by atoms with van der Waals surface area (Å²) < 4.78 is 19.9. The first-order chi connectivity index (χ1) is 19.9. The van der Waals surface area contributed by atoms with Crippen molar-refractivity contribution in [2.45, 2.75) is 18.0 Å². The summed E-state index contributed by atoms with van der Waals surface area (Å²) in [5.41, 5.74) is 1.17. The molecule has 7 heteroatoms. The van der Waals surface area contributed by atoms with Gasteiger partial charge in [0.15, 0.2) is 17.3 Å². The molecule has 0 N–H and O–H groups in total. The summed E-state index contributed by atoms with van der Waals surface area (Å²) in [6, 6.07) is 23.1. The molecule has 41 heavy (non-hydrogen) atoms. The first-order valence-corrected chi connectivity index (χ1v) is 13.6. The van der Waals surface area contributed by atoms with Gasteiger partial charge >= 0.3 is 0 Å². The van der Waals surface area contributed by atoms with Gasteiger partial charge in [0.25, 0.3) is 0 Å². The number of ketones is 3. The predicted molar refractivity (Wildman–Crippen MR) is 155 cm³/mol. The van der Waals surface area contributed by atoms with Gasteiger partial charge in [0, 0.05) is 38.9 Å². The first kappa shape index (κ1) is 25.4. The Balaban J connectivity index is 1.55. The summed E-state index contributed by atoms with van der Waals surface area (Å²) >= 11 is 6.15. The molecule has 2 aliphatic heterocycles. The van der Waals surface area contributed by atoms with E-state index in [0.29, 0.717) is 44.3 Å². The highest BCUT2D eigenvalue weighted by atomic mass is 35.5. The molecule has 0 saturated carbocycles. The zero-order chi connectivity index (χ0) is 28.5. The smallest absolute Gasteiger partial charge is 0.185 e. The Morgan fingerprint density at radius 2 is 1.61 bits per heavy atom. The van der Waals surface area contributed by atoms with Crippen molar-refractivity contribution < 1.29 is 23.5 Å². The van der Waals surface area contributed by atoms with Crippen LogP contribution in [-0.2, 0) is 0 Å². The summed E-state index contributed by atoms with van der Waals surface area (Å²) in [5.74, 6) is -1.72. The normalized spacial score (nSPS) is 21.5. The fourth-order valence-corrected chi connectivity index (χ4v) is 7.07. The molecular formula is C34H23ClFNO4. The second-order valence-electron chi connectivity index (χ2n) is 10.6. The van der Waals surface area contributed by atoms with Crippen molar-refractivity contribution in [1.82, 2.24) is 0 Å². The number of halogens is 2. The number of methoxy groups -OCH3 is 1. The highest BCUT2D eigenvalue weighted by Gasteiger charge is 2.71. The molecule has 4 aromatic rings. The zero-order valence-corrected chi connectivity index (χ0v) is 22.6. The lowest BCUT2D eigenvalue weighted by atomic mass is 9.64. The van der Waals surface area contributed by atoms with Gasteiger partial charge in [-0.15, -0.1) is 0 Å². The van der Waals surface area contributed by atoms with E-state index < -0.39 is 29.2 Å². The number of carbonyl (C=O) groups excluding carboxylic acids is 3. The fraction of sp³-hybridized carbons (Fsp3) is 0.147. The van der Waals surface area contributed by atoms with Gasteiger partial charge in [-0.05, 0) is 60.2 Å². The Morgan fingerprint density at radius 3 is 2.29 bits per heavy atom. The van der Waals surface area contributed by atoms with E-state index in [0.717, 1.165) is 0 Å². The number of anilines is 1. The van der Waals surface area contributed by atoms with Crippen LogP contribution in [0.3, 0.4) is 0 Å². The molecule has 3 atom stereocenters. The monoisotopic (exact) mass is 563 g/mol. The second-order valence-corrected chi connectivity index (χ2v) is 11.0. The summed E-state index contributed by atoms with van der Waals surface area (Å²) in [7, 11) is 1.54. The van der Waals surface area contributed by atoms with E-state index in [1.807, 2.05) is 11.0 Å². The van der Waals surface area contributed by atoms with E-state index in [1.165, 1.54) is 12.1 Å². The minimum Gasteiger partial charge on any atom is -0.497 e. The molecule has 1 spiro atoms. The van der Waals surface area contributed by atoms with Gasteiger partial charge in [-0.25, -0.2) is 4.39 Å². The molecule has 1 aliphatic carbocycles. The molecule has 7 rings (SSSR count). The summed E-state index contributed by atoms with van der Waals surface area (Å²) in [6.45, 7) is 0. The lowest BCUT2D eigenvalue weighted by Gasteiger charge is -2.37. The van der Waals surface area contributed by atoms with Crippen molar-refractivity contribution in [3.63, 3.8) is 0 Å². The quantitative estimate of drug-likeness (QED) is 0.202. The van der Waals surface area contributed by atoms with Crippen LogP contribution in [0.25, 0.3) is 6.08 Å². The largest absolute Gasteiger partial charge is 0.497 e. The number of hydrogen-bond acceptors (Lipinski definition) is 5. The minimum atomic E-state index is -1.65. The number of hydrogen-bond donors (Lipinski definition) is 0. The van der Waals surface area contributed by atoms with Crippen LogP contribution in [0.2, 0.25) is 5.02 Å². The highest BCUT2D eigenvalue weighted by Crippen LogP contribution is 2.61. The molecule has 0 radical (unpaired) electrons. The van der Waals surface area contributed by atoms with Gasteiger partial charge in [-0.3, -0.25) is 14.4 Å². The third-order valence-corrected chi connectivity index (χ3v) is 8.87. The van der Waals surface area contributed by atoms with Crippen molar-refractivity contribution in [1.29, 1.82) is 0 Å². The highest BCUT2D eigenvalue weighted by molar-refractivity contribution is 6.32. The Labute approximate surface area is 240 Å².